The minimum atomic E-state index is -4.47. The lowest BCUT2D eigenvalue weighted by molar-refractivity contribution is -0.178. The second-order valence-corrected chi connectivity index (χ2v) is 10.9. The van der Waals surface area contributed by atoms with Gasteiger partial charge in [0.05, 0.1) is 30.3 Å². The van der Waals surface area contributed by atoms with Crippen molar-refractivity contribution in [2.24, 2.45) is 0 Å². The SMILES string of the molecule is Cc1nc(NC(C)c2cc(N)cc(C(F)(F)F)c2)c2cc(C3CCC4(CC3)OCCO4)c3c(c2n1)CCC3. The quantitative estimate of drug-likeness (QED) is 0.373. The zero-order valence-electron chi connectivity index (χ0n) is 21.8. The van der Waals surface area contributed by atoms with Gasteiger partial charge in [0.1, 0.15) is 11.6 Å². The van der Waals surface area contributed by atoms with Crippen LogP contribution in [0.3, 0.4) is 0 Å². The first-order valence-corrected chi connectivity index (χ1v) is 13.5. The van der Waals surface area contributed by atoms with Crippen LogP contribution in [0.15, 0.2) is 24.3 Å². The number of rotatable bonds is 4. The number of fused-ring (bicyclic) bond motifs is 3. The van der Waals surface area contributed by atoms with Crippen molar-refractivity contribution in [3.8, 4) is 0 Å². The summed E-state index contributed by atoms with van der Waals surface area (Å²) in [6, 6.07) is 5.48. The average molecular weight is 527 g/mol. The normalized spacial score (nSPS) is 20.2. The van der Waals surface area contributed by atoms with E-state index in [1.54, 1.807) is 6.07 Å². The van der Waals surface area contributed by atoms with Crippen molar-refractivity contribution in [1.82, 2.24) is 9.97 Å². The van der Waals surface area contributed by atoms with Gasteiger partial charge in [-0.05, 0) is 98.4 Å². The molecule has 1 unspecified atom stereocenters. The van der Waals surface area contributed by atoms with Crippen LogP contribution in [-0.4, -0.2) is 29.0 Å². The molecule has 1 saturated heterocycles. The fraction of sp³-hybridized carbons (Fsp3) is 0.517. The van der Waals surface area contributed by atoms with Crippen LogP contribution in [0.25, 0.3) is 10.9 Å². The van der Waals surface area contributed by atoms with Crippen molar-refractivity contribution in [1.29, 1.82) is 0 Å². The number of hydrogen-bond acceptors (Lipinski definition) is 6. The Balaban J connectivity index is 1.37. The molecule has 1 aliphatic heterocycles. The molecule has 3 N–H and O–H groups in total. The van der Waals surface area contributed by atoms with Crippen LogP contribution in [0, 0.1) is 6.92 Å². The van der Waals surface area contributed by atoms with Gasteiger partial charge in [0.15, 0.2) is 5.79 Å². The summed E-state index contributed by atoms with van der Waals surface area (Å²) in [6.45, 7) is 5.01. The van der Waals surface area contributed by atoms with Crippen LogP contribution >= 0.6 is 0 Å². The fourth-order valence-corrected chi connectivity index (χ4v) is 6.52. The van der Waals surface area contributed by atoms with E-state index in [-0.39, 0.29) is 5.69 Å². The van der Waals surface area contributed by atoms with E-state index in [9.17, 15) is 13.2 Å². The van der Waals surface area contributed by atoms with E-state index in [0.717, 1.165) is 68.0 Å². The van der Waals surface area contributed by atoms with E-state index in [1.165, 1.54) is 16.7 Å². The first-order valence-electron chi connectivity index (χ1n) is 13.5. The van der Waals surface area contributed by atoms with Gasteiger partial charge in [-0.25, -0.2) is 9.97 Å². The van der Waals surface area contributed by atoms with E-state index in [1.807, 2.05) is 13.8 Å². The lowest BCUT2D eigenvalue weighted by Crippen LogP contribution is -2.34. The third-order valence-electron chi connectivity index (χ3n) is 8.37. The van der Waals surface area contributed by atoms with Gasteiger partial charge in [-0.15, -0.1) is 0 Å². The zero-order valence-corrected chi connectivity index (χ0v) is 21.8. The monoisotopic (exact) mass is 526 g/mol. The number of anilines is 2. The average Bonchev–Trinajstić information content (AvgIpc) is 3.54. The maximum atomic E-state index is 13.4. The van der Waals surface area contributed by atoms with Gasteiger partial charge in [0.2, 0.25) is 0 Å². The summed E-state index contributed by atoms with van der Waals surface area (Å²) in [5, 5.41) is 4.32. The fourth-order valence-electron chi connectivity index (χ4n) is 6.52. The number of halogens is 3. The Labute approximate surface area is 220 Å². The Morgan fingerprint density at radius 2 is 1.74 bits per heavy atom. The molecular formula is C29H33F3N4O2. The Kier molecular flexibility index (Phi) is 6.26. The van der Waals surface area contributed by atoms with E-state index < -0.39 is 23.6 Å². The Morgan fingerprint density at radius 3 is 2.45 bits per heavy atom. The summed E-state index contributed by atoms with van der Waals surface area (Å²) in [5.74, 6) is 1.26. The lowest BCUT2D eigenvalue weighted by atomic mass is 9.78. The highest BCUT2D eigenvalue weighted by molar-refractivity contribution is 5.93. The number of aryl methyl sites for hydroxylation is 2. The molecule has 9 heteroatoms. The molecule has 1 aromatic heterocycles. The third kappa shape index (κ3) is 4.60. The molecule has 38 heavy (non-hydrogen) atoms. The van der Waals surface area contributed by atoms with Crippen LogP contribution in [0.1, 0.15) is 84.6 Å². The minimum absolute atomic E-state index is 0.0811. The zero-order chi connectivity index (χ0) is 26.7. The molecule has 0 radical (unpaired) electrons. The molecule has 6 nitrogen and oxygen atoms in total. The van der Waals surface area contributed by atoms with Crippen molar-refractivity contribution in [3.05, 3.63) is 57.9 Å². The van der Waals surface area contributed by atoms with Crippen LogP contribution in [-0.2, 0) is 28.5 Å². The van der Waals surface area contributed by atoms with Gasteiger partial charge in [-0.1, -0.05) is 0 Å². The molecule has 202 valence electrons. The predicted octanol–water partition coefficient (Wildman–Crippen LogP) is 6.60. The molecular weight excluding hydrogens is 493 g/mol. The summed E-state index contributed by atoms with van der Waals surface area (Å²) in [7, 11) is 0. The minimum Gasteiger partial charge on any atom is -0.399 e. The number of nitrogens with two attached hydrogens (primary N) is 1. The molecule has 0 amide bonds. The molecule has 1 atom stereocenters. The number of benzene rings is 2. The molecule has 2 aromatic carbocycles. The van der Waals surface area contributed by atoms with Crippen LogP contribution < -0.4 is 11.1 Å². The van der Waals surface area contributed by atoms with Gasteiger partial charge in [0, 0.05) is 23.9 Å². The maximum Gasteiger partial charge on any atom is 0.416 e. The van der Waals surface area contributed by atoms with Gasteiger partial charge < -0.3 is 20.5 Å². The summed E-state index contributed by atoms with van der Waals surface area (Å²) >= 11 is 0. The second kappa shape index (κ2) is 9.38. The van der Waals surface area contributed by atoms with E-state index in [2.05, 4.69) is 11.4 Å². The molecule has 6 rings (SSSR count). The van der Waals surface area contributed by atoms with Crippen LogP contribution in [0.4, 0.5) is 24.7 Å². The molecule has 1 spiro atoms. The molecule has 2 heterocycles. The third-order valence-corrected chi connectivity index (χ3v) is 8.37. The number of nitrogens with zero attached hydrogens (tertiary/aromatic N) is 2. The summed E-state index contributed by atoms with van der Waals surface area (Å²) in [4.78, 5) is 9.55. The number of alkyl halides is 3. The summed E-state index contributed by atoms with van der Waals surface area (Å²) in [6.07, 6.45) is 2.39. The first-order chi connectivity index (χ1) is 18.1. The Bertz CT molecular complexity index is 1370. The van der Waals surface area contributed by atoms with Crippen molar-refractivity contribution in [2.45, 2.75) is 82.7 Å². The first kappa shape index (κ1) is 25.4. The van der Waals surface area contributed by atoms with Crippen LogP contribution in [0.5, 0.6) is 0 Å². The second-order valence-electron chi connectivity index (χ2n) is 10.9. The standard InChI is InChI=1S/C29H33F3N4O2/c1-16(19-12-20(29(30,31)32)14-21(33)13-19)34-27-25-15-24(18-6-8-28(9-7-18)37-10-11-38-28)22-4-3-5-23(22)26(25)35-17(2)36-27/h12-16,18H,3-11,33H2,1-2H3,(H,34,35,36). The molecule has 2 aliphatic carbocycles. The molecule has 2 fully saturated rings. The van der Waals surface area contributed by atoms with Gasteiger partial charge in [-0.3, -0.25) is 0 Å². The van der Waals surface area contributed by atoms with Gasteiger partial charge in [0.25, 0.3) is 0 Å². The van der Waals surface area contributed by atoms with E-state index >= 15 is 0 Å². The van der Waals surface area contributed by atoms with Gasteiger partial charge >= 0.3 is 6.18 Å². The molecule has 0 bridgehead atoms. The van der Waals surface area contributed by atoms with Crippen molar-refractivity contribution in [2.75, 3.05) is 24.3 Å². The van der Waals surface area contributed by atoms with Crippen molar-refractivity contribution in [3.63, 3.8) is 0 Å². The van der Waals surface area contributed by atoms with Gasteiger partial charge in [-0.2, -0.15) is 13.2 Å². The number of nitrogens with one attached hydrogen (secondary N) is 1. The molecule has 1 saturated carbocycles. The summed E-state index contributed by atoms with van der Waals surface area (Å²) in [5.41, 5.74) is 10.6. The number of ether oxygens (including phenoxy) is 2. The van der Waals surface area contributed by atoms with Crippen LogP contribution in [0.2, 0.25) is 0 Å². The largest absolute Gasteiger partial charge is 0.416 e. The highest BCUT2D eigenvalue weighted by Gasteiger charge is 2.41. The van der Waals surface area contributed by atoms with Crippen molar-refractivity contribution >= 4 is 22.4 Å². The Morgan fingerprint density at radius 1 is 1.03 bits per heavy atom. The van der Waals surface area contributed by atoms with Crippen molar-refractivity contribution < 1.29 is 22.6 Å². The smallest absolute Gasteiger partial charge is 0.399 e. The summed E-state index contributed by atoms with van der Waals surface area (Å²) < 4.78 is 52.2. The molecule has 3 aliphatic rings. The number of nitrogen functional groups attached to an aromatic ring is 1. The maximum absolute atomic E-state index is 13.4. The highest BCUT2D eigenvalue weighted by atomic mass is 19.4. The Hall–Kier alpha value is -2.91. The van der Waals surface area contributed by atoms with E-state index in [0.29, 0.717) is 36.3 Å². The van der Waals surface area contributed by atoms with E-state index in [4.69, 9.17) is 25.2 Å². The molecule has 3 aromatic rings. The number of aromatic nitrogens is 2. The topological polar surface area (TPSA) is 82.3 Å². The predicted molar refractivity (Wildman–Crippen MR) is 140 cm³/mol. The highest BCUT2D eigenvalue weighted by Crippen LogP contribution is 2.46. The number of hydrogen-bond donors (Lipinski definition) is 2. The lowest BCUT2D eigenvalue weighted by Gasteiger charge is -2.36.